The third kappa shape index (κ3) is 4.31. The molecule has 0 amide bonds. The van der Waals surface area contributed by atoms with Crippen LogP contribution in [0.4, 0.5) is 0 Å². The second-order valence-corrected chi connectivity index (χ2v) is 7.32. The summed E-state index contributed by atoms with van der Waals surface area (Å²) in [6, 6.07) is 13.0. The van der Waals surface area contributed by atoms with E-state index in [1.165, 1.54) is 0 Å². The number of aromatic nitrogens is 4. The lowest BCUT2D eigenvalue weighted by Gasteiger charge is -2.07. The van der Waals surface area contributed by atoms with Gasteiger partial charge in [0.25, 0.3) is 0 Å². The van der Waals surface area contributed by atoms with Crippen LogP contribution in [0.25, 0.3) is 17.0 Å². The molecule has 0 radical (unpaired) electrons. The van der Waals surface area contributed by atoms with Gasteiger partial charge in [0.1, 0.15) is 6.61 Å². The molecule has 1 N–H and O–H groups in total. The van der Waals surface area contributed by atoms with Crippen molar-refractivity contribution in [1.29, 1.82) is 0 Å². The topological polar surface area (TPSA) is 98.5 Å². The third-order valence-corrected chi connectivity index (χ3v) is 5.01. The van der Waals surface area contributed by atoms with E-state index in [0.29, 0.717) is 23.8 Å². The summed E-state index contributed by atoms with van der Waals surface area (Å²) in [5.41, 5.74) is 1.50. The molecule has 9 heteroatoms. The lowest BCUT2D eigenvalue weighted by Crippen LogP contribution is -2.30. The van der Waals surface area contributed by atoms with Crippen molar-refractivity contribution in [1.82, 2.24) is 24.5 Å². The first-order chi connectivity index (χ1) is 12.1. The molecule has 0 fully saturated rings. The Labute approximate surface area is 145 Å². The van der Waals surface area contributed by atoms with Crippen molar-refractivity contribution in [2.24, 2.45) is 0 Å². The second-order valence-electron chi connectivity index (χ2n) is 5.39. The maximum atomic E-state index is 11.6. The zero-order valence-electron chi connectivity index (χ0n) is 13.8. The molecule has 0 bridgehead atoms. The molecule has 0 spiro atoms. The highest BCUT2D eigenvalue weighted by molar-refractivity contribution is 7.89. The first kappa shape index (κ1) is 17.3. The molecule has 25 heavy (non-hydrogen) atoms. The summed E-state index contributed by atoms with van der Waals surface area (Å²) in [6.07, 6.45) is 0.574. The Hall–Kier alpha value is -2.52. The van der Waals surface area contributed by atoms with Crippen molar-refractivity contribution in [2.75, 3.05) is 18.9 Å². The van der Waals surface area contributed by atoms with Crippen molar-refractivity contribution in [3.63, 3.8) is 0 Å². The van der Waals surface area contributed by atoms with Gasteiger partial charge in [-0.3, -0.25) is 0 Å². The Kier molecular flexibility index (Phi) is 5.25. The van der Waals surface area contributed by atoms with Gasteiger partial charge >= 0.3 is 0 Å². The van der Waals surface area contributed by atoms with Crippen LogP contribution >= 0.6 is 0 Å². The Bertz CT molecular complexity index is 941. The van der Waals surface area contributed by atoms with Crippen LogP contribution in [0.2, 0.25) is 0 Å². The lowest BCUT2D eigenvalue weighted by molar-refractivity contribution is 0.306. The molecule has 3 aromatic rings. The van der Waals surface area contributed by atoms with Crippen LogP contribution in [0.5, 0.6) is 5.88 Å². The van der Waals surface area contributed by atoms with Gasteiger partial charge < -0.3 is 4.74 Å². The Balaban J connectivity index is 1.69. The number of nitrogens with one attached hydrogen (secondary N) is 1. The molecule has 2 aromatic heterocycles. The monoisotopic (exact) mass is 361 g/mol. The molecular formula is C16H19N5O3S. The zero-order chi connectivity index (χ0) is 17.7. The Morgan fingerprint density at radius 2 is 1.92 bits per heavy atom. The summed E-state index contributed by atoms with van der Waals surface area (Å²) in [4.78, 5) is 0. The van der Waals surface area contributed by atoms with Crippen molar-refractivity contribution < 1.29 is 13.2 Å². The average molecular weight is 361 g/mol. The molecule has 0 saturated carbocycles. The van der Waals surface area contributed by atoms with Gasteiger partial charge in [0.2, 0.25) is 15.9 Å². The SMILES string of the molecule is CCCS(=O)(=O)NCCOc1ccc2nnc(-c3ccccc3)n2n1. The largest absolute Gasteiger partial charge is 0.475 e. The maximum Gasteiger partial charge on any atom is 0.231 e. The van der Waals surface area contributed by atoms with E-state index in [0.717, 1.165) is 5.56 Å². The highest BCUT2D eigenvalue weighted by Gasteiger charge is 2.11. The predicted molar refractivity (Wildman–Crippen MR) is 93.8 cm³/mol. The minimum Gasteiger partial charge on any atom is -0.475 e. The van der Waals surface area contributed by atoms with E-state index in [-0.39, 0.29) is 18.9 Å². The quantitative estimate of drug-likeness (QED) is 0.611. The summed E-state index contributed by atoms with van der Waals surface area (Å²) in [7, 11) is -3.23. The smallest absolute Gasteiger partial charge is 0.231 e. The van der Waals surface area contributed by atoms with Crippen LogP contribution in [0.15, 0.2) is 42.5 Å². The fraction of sp³-hybridized carbons (Fsp3) is 0.312. The summed E-state index contributed by atoms with van der Waals surface area (Å²) in [6.45, 7) is 2.19. The van der Waals surface area contributed by atoms with Gasteiger partial charge in [-0.2, -0.15) is 4.52 Å². The van der Waals surface area contributed by atoms with Crippen LogP contribution in [-0.2, 0) is 10.0 Å². The van der Waals surface area contributed by atoms with Crippen LogP contribution < -0.4 is 9.46 Å². The van der Waals surface area contributed by atoms with E-state index in [2.05, 4.69) is 20.0 Å². The summed E-state index contributed by atoms with van der Waals surface area (Å²) in [5.74, 6) is 1.10. The molecule has 132 valence electrons. The number of ether oxygens (including phenoxy) is 1. The van der Waals surface area contributed by atoms with Gasteiger partial charge in [-0.1, -0.05) is 37.3 Å². The number of benzene rings is 1. The van der Waals surface area contributed by atoms with Gasteiger partial charge in [-0.05, 0) is 12.5 Å². The summed E-state index contributed by atoms with van der Waals surface area (Å²) in [5, 5.41) is 12.6. The van der Waals surface area contributed by atoms with Crippen molar-refractivity contribution in [3.05, 3.63) is 42.5 Å². The van der Waals surface area contributed by atoms with E-state index in [1.54, 1.807) is 16.6 Å². The van der Waals surface area contributed by atoms with Gasteiger partial charge in [-0.25, -0.2) is 13.1 Å². The van der Waals surface area contributed by atoms with E-state index in [1.807, 2.05) is 37.3 Å². The molecule has 1 aromatic carbocycles. The normalized spacial score (nSPS) is 11.7. The molecule has 0 atom stereocenters. The zero-order valence-corrected chi connectivity index (χ0v) is 14.6. The van der Waals surface area contributed by atoms with Gasteiger partial charge in [-0.15, -0.1) is 15.3 Å². The minimum absolute atomic E-state index is 0.109. The van der Waals surface area contributed by atoms with Gasteiger partial charge in [0.05, 0.1) is 5.75 Å². The molecule has 3 rings (SSSR count). The Morgan fingerprint density at radius 3 is 2.68 bits per heavy atom. The number of nitrogens with zero attached hydrogens (tertiary/aromatic N) is 4. The lowest BCUT2D eigenvalue weighted by atomic mass is 10.2. The standard InChI is InChI=1S/C16H19N5O3S/c1-2-12-25(22,23)17-10-11-24-15-9-8-14-18-19-16(21(14)20-15)13-6-4-3-5-7-13/h3-9,17H,2,10-12H2,1H3. The average Bonchev–Trinajstić information content (AvgIpc) is 3.03. The predicted octanol–water partition coefficient (Wildman–Crippen LogP) is 1.50. The minimum atomic E-state index is -3.23. The number of hydrogen-bond donors (Lipinski definition) is 1. The number of sulfonamides is 1. The van der Waals surface area contributed by atoms with Crippen molar-refractivity contribution >= 4 is 15.7 Å². The van der Waals surface area contributed by atoms with Gasteiger partial charge in [0.15, 0.2) is 11.5 Å². The number of rotatable bonds is 8. The van der Waals surface area contributed by atoms with Crippen molar-refractivity contribution in [2.45, 2.75) is 13.3 Å². The van der Waals surface area contributed by atoms with E-state index >= 15 is 0 Å². The van der Waals surface area contributed by atoms with Crippen LogP contribution in [0, 0.1) is 0 Å². The molecule has 0 aliphatic rings. The number of fused-ring (bicyclic) bond motifs is 1. The molecule has 0 unspecified atom stereocenters. The van der Waals surface area contributed by atoms with Gasteiger partial charge in [0, 0.05) is 18.2 Å². The Morgan fingerprint density at radius 1 is 1.12 bits per heavy atom. The summed E-state index contributed by atoms with van der Waals surface area (Å²) >= 11 is 0. The first-order valence-electron chi connectivity index (χ1n) is 7.97. The molecule has 0 saturated heterocycles. The van der Waals surface area contributed by atoms with Crippen LogP contribution in [0.3, 0.4) is 0 Å². The maximum absolute atomic E-state index is 11.6. The fourth-order valence-electron chi connectivity index (χ4n) is 2.31. The number of hydrogen-bond acceptors (Lipinski definition) is 6. The molecule has 0 aliphatic heterocycles. The highest BCUT2D eigenvalue weighted by atomic mass is 32.2. The molecule has 0 aliphatic carbocycles. The van der Waals surface area contributed by atoms with E-state index in [4.69, 9.17) is 4.74 Å². The van der Waals surface area contributed by atoms with E-state index < -0.39 is 10.0 Å². The summed E-state index contributed by atoms with van der Waals surface area (Å²) < 4.78 is 32.8. The van der Waals surface area contributed by atoms with E-state index in [9.17, 15) is 8.42 Å². The van der Waals surface area contributed by atoms with Crippen LogP contribution in [-0.4, -0.2) is 47.1 Å². The van der Waals surface area contributed by atoms with Crippen LogP contribution in [0.1, 0.15) is 13.3 Å². The molecule has 8 nitrogen and oxygen atoms in total. The second kappa shape index (κ2) is 7.58. The molecule has 2 heterocycles. The highest BCUT2D eigenvalue weighted by Crippen LogP contribution is 2.18. The third-order valence-electron chi connectivity index (χ3n) is 3.42. The van der Waals surface area contributed by atoms with Crippen molar-refractivity contribution in [3.8, 4) is 17.3 Å². The fourth-order valence-corrected chi connectivity index (χ4v) is 3.39. The molecular weight excluding hydrogens is 342 g/mol. The first-order valence-corrected chi connectivity index (χ1v) is 9.62.